The Bertz CT molecular complexity index is 678. The second-order valence-corrected chi connectivity index (χ2v) is 6.81. The molecule has 0 saturated carbocycles. The van der Waals surface area contributed by atoms with Gasteiger partial charge in [0, 0.05) is 10.6 Å². The summed E-state index contributed by atoms with van der Waals surface area (Å²) in [6.07, 6.45) is 0.312. The molecule has 0 fully saturated rings. The van der Waals surface area contributed by atoms with Crippen molar-refractivity contribution in [2.45, 2.75) is 33.1 Å². The number of hydrogen-bond acceptors (Lipinski definition) is 3. The summed E-state index contributed by atoms with van der Waals surface area (Å²) in [7, 11) is 0. The first-order chi connectivity index (χ1) is 11.0. The first-order valence-electron chi connectivity index (χ1n) is 7.66. The van der Waals surface area contributed by atoms with Crippen molar-refractivity contribution in [3.63, 3.8) is 0 Å². The first kappa shape index (κ1) is 17.2. The number of carbonyl (C=O) groups excluding carboxylic acids is 2. The zero-order valence-electron chi connectivity index (χ0n) is 13.7. The van der Waals surface area contributed by atoms with E-state index in [1.54, 1.807) is 0 Å². The van der Waals surface area contributed by atoms with E-state index in [0.717, 1.165) is 21.7 Å². The number of rotatable bonds is 6. The molecule has 0 spiro atoms. The van der Waals surface area contributed by atoms with E-state index in [1.807, 2.05) is 42.6 Å². The van der Waals surface area contributed by atoms with Crippen LogP contribution in [0.15, 0.2) is 35.7 Å². The van der Waals surface area contributed by atoms with Crippen LogP contribution in [0.3, 0.4) is 0 Å². The number of carbonyl (C=O) groups is 2. The molecule has 2 amide bonds. The molecule has 0 aliphatic rings. The lowest BCUT2D eigenvalue weighted by Crippen LogP contribution is -2.34. The maximum atomic E-state index is 12.1. The minimum atomic E-state index is -0.208. The molecule has 1 aromatic heterocycles. The zero-order valence-corrected chi connectivity index (χ0v) is 14.5. The molecular formula is C18H22N2O2S. The third-order valence-electron chi connectivity index (χ3n) is 3.55. The van der Waals surface area contributed by atoms with E-state index in [4.69, 9.17) is 0 Å². The average molecular weight is 330 g/mol. The average Bonchev–Trinajstić information content (AvgIpc) is 3.00. The van der Waals surface area contributed by atoms with Crippen molar-refractivity contribution in [2.24, 2.45) is 0 Å². The normalized spacial score (nSPS) is 10.6. The van der Waals surface area contributed by atoms with Crippen molar-refractivity contribution in [1.82, 2.24) is 5.32 Å². The highest BCUT2D eigenvalue weighted by Gasteiger charge is 2.13. The summed E-state index contributed by atoms with van der Waals surface area (Å²) in [5.41, 5.74) is 2.97. The third kappa shape index (κ3) is 4.93. The van der Waals surface area contributed by atoms with Crippen LogP contribution in [0.1, 0.15) is 35.8 Å². The summed E-state index contributed by atoms with van der Waals surface area (Å²) in [5.74, 6) is -0.0317. The van der Waals surface area contributed by atoms with Gasteiger partial charge in [-0.2, -0.15) is 0 Å². The molecule has 4 nitrogen and oxygen atoms in total. The Kier molecular flexibility index (Phi) is 5.93. The summed E-state index contributed by atoms with van der Waals surface area (Å²) < 4.78 is 0. The molecule has 2 N–H and O–H groups in total. The lowest BCUT2D eigenvalue weighted by atomic mass is 9.98. The number of aryl methyl sites for hydroxylation is 1. The van der Waals surface area contributed by atoms with E-state index in [2.05, 4.69) is 24.5 Å². The standard InChI is InChI=1S/C18H22N2O2S/c1-12(2)15-8-4-6-13(3)18(15)20-17(22)11-19-16(21)10-14-7-5-9-23-14/h4-9,12H,10-11H2,1-3H3,(H,19,21)(H,20,22). The van der Waals surface area contributed by atoms with Gasteiger partial charge in [0.1, 0.15) is 0 Å². The SMILES string of the molecule is Cc1cccc(C(C)C)c1NC(=O)CNC(=O)Cc1cccs1. The van der Waals surface area contributed by atoms with Crippen molar-refractivity contribution in [2.75, 3.05) is 11.9 Å². The summed E-state index contributed by atoms with van der Waals surface area (Å²) in [4.78, 5) is 24.9. The summed E-state index contributed by atoms with van der Waals surface area (Å²) in [6, 6.07) is 9.79. The Morgan fingerprint density at radius 1 is 1.13 bits per heavy atom. The number of benzene rings is 1. The highest BCUT2D eigenvalue weighted by Crippen LogP contribution is 2.27. The Balaban J connectivity index is 1.91. The van der Waals surface area contributed by atoms with E-state index in [1.165, 1.54) is 11.3 Å². The van der Waals surface area contributed by atoms with E-state index in [-0.39, 0.29) is 18.4 Å². The fraction of sp³-hybridized carbons (Fsp3) is 0.333. The lowest BCUT2D eigenvalue weighted by molar-refractivity contribution is -0.123. The highest BCUT2D eigenvalue weighted by atomic mass is 32.1. The van der Waals surface area contributed by atoms with E-state index in [9.17, 15) is 9.59 Å². The van der Waals surface area contributed by atoms with Crippen LogP contribution in [0, 0.1) is 6.92 Å². The van der Waals surface area contributed by atoms with Crippen molar-refractivity contribution in [3.05, 3.63) is 51.7 Å². The fourth-order valence-corrected chi connectivity index (χ4v) is 3.04. The fourth-order valence-electron chi connectivity index (χ4n) is 2.34. The van der Waals surface area contributed by atoms with Crippen LogP contribution in [0.25, 0.3) is 0 Å². The number of thiophene rings is 1. The summed E-state index contributed by atoms with van der Waals surface area (Å²) in [6.45, 7) is 6.13. The topological polar surface area (TPSA) is 58.2 Å². The molecule has 1 heterocycles. The van der Waals surface area contributed by atoms with Gasteiger partial charge in [0.2, 0.25) is 11.8 Å². The number of amides is 2. The van der Waals surface area contributed by atoms with Crippen LogP contribution >= 0.6 is 11.3 Å². The van der Waals surface area contributed by atoms with Gasteiger partial charge >= 0.3 is 0 Å². The Morgan fingerprint density at radius 2 is 1.91 bits per heavy atom. The van der Waals surface area contributed by atoms with Crippen LogP contribution in [-0.2, 0) is 16.0 Å². The molecular weight excluding hydrogens is 308 g/mol. The Labute approximate surface area is 140 Å². The molecule has 2 aromatic rings. The molecule has 5 heteroatoms. The van der Waals surface area contributed by atoms with Gasteiger partial charge < -0.3 is 10.6 Å². The molecule has 2 rings (SSSR count). The minimum Gasteiger partial charge on any atom is -0.347 e. The molecule has 0 saturated heterocycles. The van der Waals surface area contributed by atoms with Gasteiger partial charge in [0.25, 0.3) is 0 Å². The van der Waals surface area contributed by atoms with Gasteiger partial charge in [0.05, 0.1) is 13.0 Å². The lowest BCUT2D eigenvalue weighted by Gasteiger charge is -2.16. The van der Waals surface area contributed by atoms with E-state index >= 15 is 0 Å². The smallest absolute Gasteiger partial charge is 0.243 e. The monoisotopic (exact) mass is 330 g/mol. The number of anilines is 1. The van der Waals surface area contributed by atoms with Gasteiger partial charge in [-0.25, -0.2) is 0 Å². The van der Waals surface area contributed by atoms with Gasteiger partial charge in [-0.15, -0.1) is 11.3 Å². The Morgan fingerprint density at radius 3 is 2.57 bits per heavy atom. The van der Waals surface area contributed by atoms with Gasteiger partial charge in [-0.05, 0) is 35.4 Å². The quantitative estimate of drug-likeness (QED) is 0.852. The molecule has 0 radical (unpaired) electrons. The summed E-state index contributed by atoms with van der Waals surface area (Å²) in [5, 5.41) is 7.52. The van der Waals surface area contributed by atoms with Crippen molar-refractivity contribution in [1.29, 1.82) is 0 Å². The van der Waals surface area contributed by atoms with Gasteiger partial charge in [-0.1, -0.05) is 38.1 Å². The number of hydrogen-bond donors (Lipinski definition) is 2. The predicted molar refractivity (Wildman–Crippen MR) is 94.9 cm³/mol. The predicted octanol–water partition coefficient (Wildman–Crippen LogP) is 3.48. The van der Waals surface area contributed by atoms with Gasteiger partial charge in [0.15, 0.2) is 0 Å². The molecule has 0 aliphatic heterocycles. The highest BCUT2D eigenvalue weighted by molar-refractivity contribution is 7.10. The van der Waals surface area contributed by atoms with E-state index < -0.39 is 0 Å². The number of para-hydroxylation sites is 1. The number of nitrogens with one attached hydrogen (secondary N) is 2. The summed E-state index contributed by atoms with van der Waals surface area (Å²) >= 11 is 1.53. The third-order valence-corrected chi connectivity index (χ3v) is 4.43. The van der Waals surface area contributed by atoms with Crippen LogP contribution in [-0.4, -0.2) is 18.4 Å². The second kappa shape index (κ2) is 7.92. The van der Waals surface area contributed by atoms with Crippen LogP contribution < -0.4 is 10.6 Å². The maximum Gasteiger partial charge on any atom is 0.243 e. The van der Waals surface area contributed by atoms with Crippen LogP contribution in [0.4, 0.5) is 5.69 Å². The Hall–Kier alpha value is -2.14. The molecule has 0 unspecified atom stereocenters. The first-order valence-corrected chi connectivity index (χ1v) is 8.53. The maximum absolute atomic E-state index is 12.1. The molecule has 1 aromatic carbocycles. The zero-order chi connectivity index (χ0) is 16.8. The largest absolute Gasteiger partial charge is 0.347 e. The molecule has 23 heavy (non-hydrogen) atoms. The van der Waals surface area contributed by atoms with Crippen LogP contribution in [0.2, 0.25) is 0 Å². The minimum absolute atomic E-state index is 0.0178. The van der Waals surface area contributed by atoms with E-state index in [0.29, 0.717) is 12.3 Å². The second-order valence-electron chi connectivity index (χ2n) is 5.77. The van der Waals surface area contributed by atoms with Crippen molar-refractivity contribution in [3.8, 4) is 0 Å². The van der Waals surface area contributed by atoms with Crippen molar-refractivity contribution < 1.29 is 9.59 Å². The molecule has 0 bridgehead atoms. The van der Waals surface area contributed by atoms with Crippen molar-refractivity contribution >= 4 is 28.8 Å². The van der Waals surface area contributed by atoms with Gasteiger partial charge in [-0.3, -0.25) is 9.59 Å². The van der Waals surface area contributed by atoms with Crippen LogP contribution in [0.5, 0.6) is 0 Å². The molecule has 0 atom stereocenters. The molecule has 122 valence electrons. The molecule has 0 aliphatic carbocycles.